The summed E-state index contributed by atoms with van der Waals surface area (Å²) in [5.74, 6) is -1.64. The highest BCUT2D eigenvalue weighted by atomic mass is 19.1. The van der Waals surface area contributed by atoms with Crippen LogP contribution in [0.25, 0.3) is 0 Å². The fraction of sp³-hybridized carbons (Fsp3) is 0.391. The van der Waals surface area contributed by atoms with E-state index >= 15 is 0 Å². The molecule has 2 aromatic rings. The predicted octanol–water partition coefficient (Wildman–Crippen LogP) is 2.61. The summed E-state index contributed by atoms with van der Waals surface area (Å²) in [4.78, 5) is 23.9. The Balaban J connectivity index is 2.13. The number of rotatable bonds is 11. The Labute approximate surface area is 185 Å². The maximum absolute atomic E-state index is 13.5. The zero-order chi connectivity index (χ0) is 23.7. The summed E-state index contributed by atoms with van der Waals surface area (Å²) in [5, 5.41) is 27.8. The van der Waals surface area contributed by atoms with Gasteiger partial charge in [0.2, 0.25) is 5.91 Å². The van der Waals surface area contributed by atoms with Crippen molar-refractivity contribution in [3.63, 3.8) is 0 Å². The van der Waals surface area contributed by atoms with Crippen LogP contribution in [-0.2, 0) is 11.2 Å². The third-order valence-electron chi connectivity index (χ3n) is 4.76. The number of nitrogens with one attached hydrogen (secondary N) is 3. The molecule has 2 aromatic carbocycles. The van der Waals surface area contributed by atoms with E-state index in [-0.39, 0.29) is 30.4 Å². The second-order valence-corrected chi connectivity index (χ2v) is 8.00. The standard InChI is InChI=1S/C23H29F2N3O4/c1-14(2)12-27-22(30)21(16-6-4-3-5-7-16)26-13-20(29)19(28-23(31)32)10-15-8-17(24)11-18(25)9-15/h3-9,11,14,19-21,26,28-29H,10,12-13H2,1-2H3,(H,27,30)(H,31,32)/t19?,20?,21-/m0/s1. The van der Waals surface area contributed by atoms with Crippen molar-refractivity contribution in [2.24, 2.45) is 5.92 Å². The van der Waals surface area contributed by atoms with Gasteiger partial charge in [-0.2, -0.15) is 0 Å². The number of carbonyl (C=O) groups excluding carboxylic acids is 1. The van der Waals surface area contributed by atoms with Crippen molar-refractivity contribution in [3.05, 3.63) is 71.3 Å². The van der Waals surface area contributed by atoms with Gasteiger partial charge in [0.05, 0.1) is 12.1 Å². The molecule has 2 unspecified atom stereocenters. The maximum Gasteiger partial charge on any atom is 0.404 e. The van der Waals surface area contributed by atoms with Crippen molar-refractivity contribution in [3.8, 4) is 0 Å². The molecule has 0 saturated carbocycles. The first kappa shape index (κ1) is 25.2. The van der Waals surface area contributed by atoms with Crippen LogP contribution in [0.15, 0.2) is 48.5 Å². The van der Waals surface area contributed by atoms with Crippen LogP contribution in [0.3, 0.4) is 0 Å². The summed E-state index contributed by atoms with van der Waals surface area (Å²) < 4.78 is 27.0. The molecule has 0 aliphatic rings. The fourth-order valence-electron chi connectivity index (χ4n) is 3.22. The molecule has 0 bridgehead atoms. The lowest BCUT2D eigenvalue weighted by Crippen LogP contribution is -2.50. The number of halogens is 2. The van der Waals surface area contributed by atoms with Gasteiger partial charge in [-0.15, -0.1) is 0 Å². The Hall–Kier alpha value is -3.04. The van der Waals surface area contributed by atoms with Crippen LogP contribution in [0.1, 0.15) is 31.0 Å². The molecule has 0 radical (unpaired) electrons. The maximum atomic E-state index is 13.5. The van der Waals surface area contributed by atoms with E-state index < -0.39 is 35.9 Å². The van der Waals surface area contributed by atoms with Crippen LogP contribution in [0.5, 0.6) is 0 Å². The molecule has 0 aliphatic carbocycles. The summed E-state index contributed by atoms with van der Waals surface area (Å²) in [7, 11) is 0. The molecule has 2 amide bonds. The lowest BCUT2D eigenvalue weighted by Gasteiger charge is -2.26. The number of amides is 2. The molecule has 0 saturated heterocycles. The smallest absolute Gasteiger partial charge is 0.404 e. The van der Waals surface area contributed by atoms with Gasteiger partial charge in [0.1, 0.15) is 17.7 Å². The normalized spacial score (nSPS) is 13.9. The minimum atomic E-state index is -1.39. The van der Waals surface area contributed by atoms with Gasteiger partial charge in [0.15, 0.2) is 0 Å². The van der Waals surface area contributed by atoms with Crippen LogP contribution in [0, 0.1) is 17.6 Å². The first-order chi connectivity index (χ1) is 15.2. The summed E-state index contributed by atoms with van der Waals surface area (Å²) in [6.45, 7) is 4.26. The van der Waals surface area contributed by atoms with Gasteiger partial charge in [-0.3, -0.25) is 10.1 Å². The third kappa shape index (κ3) is 8.24. The molecule has 5 N–H and O–H groups in total. The second-order valence-electron chi connectivity index (χ2n) is 8.00. The topological polar surface area (TPSA) is 111 Å². The summed E-state index contributed by atoms with van der Waals surface area (Å²) in [5.41, 5.74) is 0.866. The zero-order valence-electron chi connectivity index (χ0n) is 18.0. The molecule has 32 heavy (non-hydrogen) atoms. The van der Waals surface area contributed by atoms with Gasteiger partial charge in [-0.25, -0.2) is 13.6 Å². The van der Waals surface area contributed by atoms with E-state index in [1.807, 2.05) is 19.9 Å². The molecule has 0 spiro atoms. The Bertz CT molecular complexity index is 876. The molecule has 3 atom stereocenters. The molecular weight excluding hydrogens is 420 g/mol. The lowest BCUT2D eigenvalue weighted by atomic mass is 10.00. The van der Waals surface area contributed by atoms with Crippen LogP contribution in [-0.4, -0.2) is 47.4 Å². The van der Waals surface area contributed by atoms with Crippen molar-refractivity contribution in [2.75, 3.05) is 13.1 Å². The van der Waals surface area contributed by atoms with Gasteiger partial charge in [0.25, 0.3) is 0 Å². The molecule has 2 rings (SSSR count). The number of aliphatic hydroxyl groups excluding tert-OH is 1. The van der Waals surface area contributed by atoms with E-state index in [1.165, 1.54) is 0 Å². The van der Waals surface area contributed by atoms with Crippen molar-refractivity contribution >= 4 is 12.0 Å². The number of hydrogen-bond acceptors (Lipinski definition) is 4. The van der Waals surface area contributed by atoms with Crippen LogP contribution in [0.4, 0.5) is 13.6 Å². The Morgan fingerprint density at radius 3 is 2.19 bits per heavy atom. The Morgan fingerprint density at radius 2 is 1.62 bits per heavy atom. The number of hydrogen-bond donors (Lipinski definition) is 5. The first-order valence-corrected chi connectivity index (χ1v) is 10.3. The number of carbonyl (C=O) groups is 2. The molecule has 9 heteroatoms. The highest BCUT2D eigenvalue weighted by Gasteiger charge is 2.26. The number of carboxylic acid groups (broad SMARTS) is 1. The molecule has 0 aromatic heterocycles. The van der Waals surface area contributed by atoms with Crippen LogP contribution >= 0.6 is 0 Å². The number of benzene rings is 2. The third-order valence-corrected chi connectivity index (χ3v) is 4.76. The van der Waals surface area contributed by atoms with Crippen LogP contribution in [0.2, 0.25) is 0 Å². The van der Waals surface area contributed by atoms with E-state index in [9.17, 15) is 23.5 Å². The van der Waals surface area contributed by atoms with E-state index in [2.05, 4.69) is 16.0 Å². The summed E-state index contributed by atoms with van der Waals surface area (Å²) >= 11 is 0. The van der Waals surface area contributed by atoms with Crippen molar-refractivity contribution in [1.29, 1.82) is 0 Å². The quantitative estimate of drug-likeness (QED) is 0.362. The molecule has 0 heterocycles. The largest absolute Gasteiger partial charge is 0.465 e. The average molecular weight is 449 g/mol. The van der Waals surface area contributed by atoms with Crippen molar-refractivity contribution in [2.45, 2.75) is 38.5 Å². The van der Waals surface area contributed by atoms with E-state index in [4.69, 9.17) is 5.11 Å². The predicted molar refractivity (Wildman–Crippen MR) is 116 cm³/mol. The molecule has 7 nitrogen and oxygen atoms in total. The van der Waals surface area contributed by atoms with E-state index in [1.54, 1.807) is 24.3 Å². The molecular formula is C23H29F2N3O4. The van der Waals surface area contributed by atoms with Crippen LogP contribution < -0.4 is 16.0 Å². The minimum Gasteiger partial charge on any atom is -0.465 e. The minimum absolute atomic E-state index is 0.140. The summed E-state index contributed by atoms with van der Waals surface area (Å²) in [6, 6.07) is 9.93. The fourth-order valence-corrected chi connectivity index (χ4v) is 3.22. The van der Waals surface area contributed by atoms with Gasteiger partial charge in [-0.05, 0) is 35.6 Å². The van der Waals surface area contributed by atoms with E-state index in [0.29, 0.717) is 18.2 Å². The Morgan fingerprint density at radius 1 is 1.00 bits per heavy atom. The van der Waals surface area contributed by atoms with Crippen molar-refractivity contribution < 1.29 is 28.6 Å². The summed E-state index contributed by atoms with van der Waals surface area (Å²) in [6.07, 6.45) is -2.80. The number of aliphatic hydroxyl groups is 1. The molecule has 0 aliphatic heterocycles. The second kappa shape index (κ2) is 12.1. The first-order valence-electron chi connectivity index (χ1n) is 10.3. The molecule has 0 fully saturated rings. The lowest BCUT2D eigenvalue weighted by molar-refractivity contribution is -0.123. The highest BCUT2D eigenvalue weighted by molar-refractivity contribution is 5.83. The average Bonchev–Trinajstić information content (AvgIpc) is 2.71. The molecule has 174 valence electrons. The van der Waals surface area contributed by atoms with Gasteiger partial charge in [-0.1, -0.05) is 44.2 Å². The van der Waals surface area contributed by atoms with E-state index in [0.717, 1.165) is 12.1 Å². The van der Waals surface area contributed by atoms with Gasteiger partial charge in [0, 0.05) is 19.2 Å². The van der Waals surface area contributed by atoms with Gasteiger partial charge >= 0.3 is 6.09 Å². The SMILES string of the molecule is CC(C)CNC(=O)[C@@H](NCC(O)C(Cc1cc(F)cc(F)c1)NC(=O)O)c1ccccc1. The Kier molecular flexibility index (Phi) is 9.55. The zero-order valence-corrected chi connectivity index (χ0v) is 18.0. The monoisotopic (exact) mass is 449 g/mol. The van der Waals surface area contributed by atoms with Crippen molar-refractivity contribution in [1.82, 2.24) is 16.0 Å². The van der Waals surface area contributed by atoms with Gasteiger partial charge < -0.3 is 20.8 Å². The highest BCUT2D eigenvalue weighted by Crippen LogP contribution is 2.15.